The molecular weight excluding hydrogens is 288 g/mol. The van der Waals surface area contributed by atoms with Gasteiger partial charge in [0, 0.05) is 23.9 Å². The van der Waals surface area contributed by atoms with Crippen molar-refractivity contribution in [1.29, 1.82) is 0 Å². The molecule has 1 aromatic heterocycles. The van der Waals surface area contributed by atoms with Crippen molar-refractivity contribution in [3.05, 3.63) is 42.1 Å². The van der Waals surface area contributed by atoms with Crippen molar-refractivity contribution in [1.82, 2.24) is 10.3 Å². The van der Waals surface area contributed by atoms with Gasteiger partial charge in [-0.1, -0.05) is 6.42 Å². The van der Waals surface area contributed by atoms with E-state index in [1.54, 1.807) is 19.4 Å². The molecule has 1 aromatic carbocycles. The highest BCUT2D eigenvalue weighted by Gasteiger charge is 2.13. The first-order valence-electron chi connectivity index (χ1n) is 8.31. The fraction of sp³-hybridized carbons (Fsp3) is 0.421. The summed E-state index contributed by atoms with van der Waals surface area (Å²) in [5.41, 5.74) is 2.89. The average Bonchev–Trinajstić information content (AvgIpc) is 2.60. The number of benzene rings is 1. The zero-order valence-electron chi connectivity index (χ0n) is 13.6. The third-order valence-electron chi connectivity index (χ3n) is 4.43. The van der Waals surface area contributed by atoms with Crippen LogP contribution in [0.4, 0.5) is 0 Å². The van der Waals surface area contributed by atoms with Crippen LogP contribution in [0.15, 0.2) is 36.5 Å². The summed E-state index contributed by atoms with van der Waals surface area (Å²) >= 11 is 0. The van der Waals surface area contributed by atoms with E-state index in [0.717, 1.165) is 42.0 Å². The summed E-state index contributed by atoms with van der Waals surface area (Å²) in [5.74, 6) is 1.06. The number of aryl methyl sites for hydroxylation is 1. The predicted octanol–water partition coefficient (Wildman–Crippen LogP) is 3.54. The third kappa shape index (κ3) is 4.23. The SMILES string of the molecule is COc1ccnc(-c2cc(O)cc(CCC3CCCCN3)c2)c1. The number of pyridine rings is 1. The number of rotatable bonds is 5. The molecule has 4 nitrogen and oxygen atoms in total. The van der Waals surface area contributed by atoms with Gasteiger partial charge in [0.15, 0.2) is 0 Å². The first-order chi connectivity index (χ1) is 11.2. The summed E-state index contributed by atoms with van der Waals surface area (Å²) in [6.45, 7) is 1.13. The Balaban J connectivity index is 1.75. The van der Waals surface area contributed by atoms with E-state index in [2.05, 4.69) is 16.4 Å². The number of hydrogen-bond acceptors (Lipinski definition) is 4. The van der Waals surface area contributed by atoms with E-state index in [0.29, 0.717) is 11.8 Å². The van der Waals surface area contributed by atoms with Crippen LogP contribution in [-0.4, -0.2) is 29.8 Å². The largest absolute Gasteiger partial charge is 0.508 e. The van der Waals surface area contributed by atoms with Gasteiger partial charge in [-0.25, -0.2) is 0 Å². The minimum Gasteiger partial charge on any atom is -0.508 e. The Morgan fingerprint density at radius 3 is 2.96 bits per heavy atom. The van der Waals surface area contributed by atoms with Gasteiger partial charge in [0.2, 0.25) is 0 Å². The van der Waals surface area contributed by atoms with Crippen LogP contribution in [-0.2, 0) is 6.42 Å². The van der Waals surface area contributed by atoms with Gasteiger partial charge in [0.1, 0.15) is 11.5 Å². The number of aromatic nitrogens is 1. The zero-order chi connectivity index (χ0) is 16.1. The lowest BCUT2D eigenvalue weighted by Crippen LogP contribution is -2.34. The maximum Gasteiger partial charge on any atom is 0.122 e. The number of ether oxygens (including phenoxy) is 1. The number of aromatic hydroxyl groups is 1. The summed E-state index contributed by atoms with van der Waals surface area (Å²) in [7, 11) is 1.64. The smallest absolute Gasteiger partial charge is 0.122 e. The number of phenols is 1. The highest BCUT2D eigenvalue weighted by molar-refractivity contribution is 5.63. The molecule has 1 aliphatic rings. The van der Waals surface area contributed by atoms with E-state index in [9.17, 15) is 5.11 Å². The molecule has 3 rings (SSSR count). The van der Waals surface area contributed by atoms with Gasteiger partial charge in [0.25, 0.3) is 0 Å². The number of phenolic OH excluding ortho intramolecular Hbond substituents is 1. The molecule has 1 atom stereocenters. The topological polar surface area (TPSA) is 54.4 Å². The van der Waals surface area contributed by atoms with E-state index in [1.165, 1.54) is 19.3 Å². The lowest BCUT2D eigenvalue weighted by atomic mass is 9.96. The van der Waals surface area contributed by atoms with Crippen molar-refractivity contribution in [2.24, 2.45) is 0 Å². The number of nitrogens with zero attached hydrogens (tertiary/aromatic N) is 1. The molecule has 1 saturated heterocycles. The van der Waals surface area contributed by atoms with Crippen LogP contribution in [0.25, 0.3) is 11.3 Å². The van der Waals surface area contributed by atoms with E-state index in [1.807, 2.05) is 18.2 Å². The third-order valence-corrected chi connectivity index (χ3v) is 4.43. The van der Waals surface area contributed by atoms with Crippen LogP contribution in [0.1, 0.15) is 31.2 Å². The van der Waals surface area contributed by atoms with Gasteiger partial charge in [-0.05, 0) is 62.1 Å². The van der Waals surface area contributed by atoms with Gasteiger partial charge < -0.3 is 15.2 Å². The highest BCUT2D eigenvalue weighted by Crippen LogP contribution is 2.27. The fourth-order valence-electron chi connectivity index (χ4n) is 3.17. The average molecular weight is 312 g/mol. The van der Waals surface area contributed by atoms with Gasteiger partial charge in [0.05, 0.1) is 12.8 Å². The summed E-state index contributed by atoms with van der Waals surface area (Å²) < 4.78 is 5.25. The molecule has 0 aliphatic carbocycles. The Morgan fingerprint density at radius 2 is 2.17 bits per heavy atom. The minimum absolute atomic E-state index is 0.290. The molecule has 2 aromatic rings. The fourth-order valence-corrected chi connectivity index (χ4v) is 3.17. The van der Waals surface area contributed by atoms with Crippen molar-refractivity contribution < 1.29 is 9.84 Å². The second kappa shape index (κ2) is 7.47. The van der Waals surface area contributed by atoms with E-state index >= 15 is 0 Å². The normalized spacial score (nSPS) is 17.9. The minimum atomic E-state index is 0.290. The van der Waals surface area contributed by atoms with E-state index < -0.39 is 0 Å². The standard InChI is InChI=1S/C19H24N2O2/c1-23-18-7-9-21-19(13-18)15-10-14(11-17(22)12-15)5-6-16-4-2-3-8-20-16/h7,9-13,16,20,22H,2-6,8H2,1H3. The Morgan fingerprint density at radius 1 is 1.26 bits per heavy atom. The van der Waals surface area contributed by atoms with Crippen LogP contribution in [0.2, 0.25) is 0 Å². The van der Waals surface area contributed by atoms with Crippen molar-refractivity contribution in [3.8, 4) is 22.8 Å². The summed E-state index contributed by atoms with van der Waals surface area (Å²) in [6.07, 6.45) is 7.65. The molecule has 122 valence electrons. The molecule has 0 spiro atoms. The second-order valence-electron chi connectivity index (χ2n) is 6.15. The van der Waals surface area contributed by atoms with E-state index in [4.69, 9.17) is 4.74 Å². The lowest BCUT2D eigenvalue weighted by molar-refractivity contribution is 0.382. The Kier molecular flexibility index (Phi) is 5.13. The van der Waals surface area contributed by atoms with E-state index in [-0.39, 0.29) is 0 Å². The van der Waals surface area contributed by atoms with Crippen LogP contribution >= 0.6 is 0 Å². The van der Waals surface area contributed by atoms with Gasteiger partial charge >= 0.3 is 0 Å². The summed E-state index contributed by atoms with van der Waals surface area (Å²) in [6, 6.07) is 10.0. The molecular formula is C19H24N2O2. The van der Waals surface area contributed by atoms with Crippen LogP contribution in [0.3, 0.4) is 0 Å². The van der Waals surface area contributed by atoms with Crippen LogP contribution in [0.5, 0.6) is 11.5 Å². The number of hydrogen-bond donors (Lipinski definition) is 2. The Hall–Kier alpha value is -2.07. The number of piperidine rings is 1. The maximum absolute atomic E-state index is 10.0. The molecule has 1 aliphatic heterocycles. The summed E-state index contributed by atoms with van der Waals surface area (Å²) in [4.78, 5) is 4.39. The molecule has 0 saturated carbocycles. The Labute approximate surface area is 137 Å². The highest BCUT2D eigenvalue weighted by atomic mass is 16.5. The van der Waals surface area contributed by atoms with Gasteiger partial charge in [-0.15, -0.1) is 0 Å². The number of nitrogens with one attached hydrogen (secondary N) is 1. The first kappa shape index (κ1) is 15.8. The Bertz CT molecular complexity index is 652. The second-order valence-corrected chi connectivity index (χ2v) is 6.15. The lowest BCUT2D eigenvalue weighted by Gasteiger charge is -2.23. The first-order valence-corrected chi connectivity index (χ1v) is 8.31. The number of methoxy groups -OCH3 is 1. The van der Waals surface area contributed by atoms with Crippen molar-refractivity contribution in [2.75, 3.05) is 13.7 Å². The molecule has 1 unspecified atom stereocenters. The predicted molar refractivity (Wildman–Crippen MR) is 91.9 cm³/mol. The zero-order valence-corrected chi connectivity index (χ0v) is 13.6. The van der Waals surface area contributed by atoms with Crippen LogP contribution < -0.4 is 10.1 Å². The molecule has 0 radical (unpaired) electrons. The van der Waals surface area contributed by atoms with Crippen LogP contribution in [0, 0.1) is 0 Å². The molecule has 2 heterocycles. The van der Waals surface area contributed by atoms with Gasteiger partial charge in [-0.3, -0.25) is 4.98 Å². The van der Waals surface area contributed by atoms with Crippen molar-refractivity contribution in [3.63, 3.8) is 0 Å². The van der Waals surface area contributed by atoms with Gasteiger partial charge in [-0.2, -0.15) is 0 Å². The molecule has 4 heteroatoms. The molecule has 0 amide bonds. The summed E-state index contributed by atoms with van der Waals surface area (Å²) in [5, 5.41) is 13.6. The maximum atomic E-state index is 10.0. The van der Waals surface area contributed by atoms with Crippen molar-refractivity contribution in [2.45, 2.75) is 38.1 Å². The monoisotopic (exact) mass is 312 g/mol. The quantitative estimate of drug-likeness (QED) is 0.886. The molecule has 2 N–H and O–H groups in total. The molecule has 1 fully saturated rings. The van der Waals surface area contributed by atoms with Crippen molar-refractivity contribution >= 4 is 0 Å². The molecule has 23 heavy (non-hydrogen) atoms. The molecule has 0 bridgehead atoms.